The maximum atomic E-state index is 8.22. The molecular formula is C18H17N3O. The van der Waals surface area contributed by atoms with E-state index in [2.05, 4.69) is 5.16 Å². The Morgan fingerprint density at radius 1 is 0.955 bits per heavy atom. The van der Waals surface area contributed by atoms with E-state index < -0.39 is 0 Å². The van der Waals surface area contributed by atoms with Crippen molar-refractivity contribution in [3.05, 3.63) is 83.9 Å². The fraction of sp³-hybridized carbons (Fsp3) is 0. The molecule has 0 spiro atoms. The number of hydrogen-bond donors (Lipinski definition) is 2. The Morgan fingerprint density at radius 3 is 1.91 bits per heavy atom. The third-order valence-electron chi connectivity index (χ3n) is 2.51. The first-order valence-corrected chi connectivity index (χ1v) is 6.58. The van der Waals surface area contributed by atoms with Gasteiger partial charge in [-0.15, -0.1) is 0 Å². The molecule has 110 valence electrons. The molecule has 0 heterocycles. The van der Waals surface area contributed by atoms with Gasteiger partial charge in [0.1, 0.15) is 0 Å². The molecule has 0 unspecified atom stereocenters. The fourth-order valence-electron chi connectivity index (χ4n) is 1.48. The molecule has 0 atom stereocenters. The highest BCUT2D eigenvalue weighted by atomic mass is 16.4. The summed E-state index contributed by atoms with van der Waals surface area (Å²) < 4.78 is 0. The first-order chi connectivity index (χ1) is 10.8. The van der Waals surface area contributed by atoms with Gasteiger partial charge >= 0.3 is 0 Å². The van der Waals surface area contributed by atoms with Crippen LogP contribution in [0, 0.1) is 11.3 Å². The highest BCUT2D eigenvalue weighted by molar-refractivity contribution is 5.94. The smallest absolute Gasteiger partial charge is 0.162 e. The van der Waals surface area contributed by atoms with Crippen molar-refractivity contribution in [3.63, 3.8) is 0 Å². The number of oxime groups is 1. The summed E-state index contributed by atoms with van der Waals surface area (Å²) in [6.45, 7) is 0. The number of allylic oxidation sites excluding steroid dienone is 1. The lowest BCUT2D eigenvalue weighted by molar-refractivity contribution is 0.319. The predicted molar refractivity (Wildman–Crippen MR) is 90.0 cm³/mol. The zero-order valence-corrected chi connectivity index (χ0v) is 12.0. The molecule has 0 aromatic heterocycles. The van der Waals surface area contributed by atoms with Crippen LogP contribution in [0.1, 0.15) is 11.1 Å². The molecule has 0 saturated carbocycles. The van der Waals surface area contributed by atoms with E-state index in [1.54, 1.807) is 12.2 Å². The molecule has 0 saturated heterocycles. The molecule has 4 nitrogen and oxygen atoms in total. The van der Waals surface area contributed by atoms with E-state index in [0.717, 1.165) is 11.1 Å². The zero-order chi connectivity index (χ0) is 16.0. The Bertz CT molecular complexity index is 668. The summed E-state index contributed by atoms with van der Waals surface area (Å²) >= 11 is 0. The van der Waals surface area contributed by atoms with Gasteiger partial charge in [0, 0.05) is 6.08 Å². The van der Waals surface area contributed by atoms with E-state index in [9.17, 15) is 0 Å². The summed E-state index contributed by atoms with van der Waals surface area (Å²) in [5.41, 5.74) is 7.31. The number of amidine groups is 1. The van der Waals surface area contributed by atoms with Gasteiger partial charge in [-0.1, -0.05) is 71.9 Å². The Kier molecular flexibility index (Phi) is 7.96. The van der Waals surface area contributed by atoms with Crippen LogP contribution in [0.25, 0.3) is 12.2 Å². The lowest BCUT2D eigenvalue weighted by Crippen LogP contribution is -2.06. The fourth-order valence-corrected chi connectivity index (χ4v) is 1.48. The minimum absolute atomic E-state index is 0.0962. The van der Waals surface area contributed by atoms with Gasteiger partial charge in [0.25, 0.3) is 0 Å². The van der Waals surface area contributed by atoms with Crippen molar-refractivity contribution >= 4 is 18.0 Å². The zero-order valence-electron chi connectivity index (χ0n) is 12.0. The summed E-state index contributed by atoms with van der Waals surface area (Å²) in [6, 6.07) is 21.3. The van der Waals surface area contributed by atoms with E-state index in [0.29, 0.717) is 0 Å². The van der Waals surface area contributed by atoms with E-state index in [1.807, 2.05) is 66.7 Å². The maximum Gasteiger partial charge on any atom is 0.162 e. The number of nitrogens with two attached hydrogens (primary N) is 1. The number of nitrogens with zero attached hydrogens (tertiary/aromatic N) is 2. The highest BCUT2D eigenvalue weighted by Crippen LogP contribution is 2.00. The minimum Gasteiger partial charge on any atom is -0.409 e. The molecule has 0 amide bonds. The van der Waals surface area contributed by atoms with E-state index in [4.69, 9.17) is 16.2 Å². The van der Waals surface area contributed by atoms with E-state index in [-0.39, 0.29) is 5.84 Å². The molecule has 0 bridgehead atoms. The molecule has 2 rings (SSSR count). The van der Waals surface area contributed by atoms with Gasteiger partial charge in [0.2, 0.25) is 0 Å². The largest absolute Gasteiger partial charge is 0.409 e. The van der Waals surface area contributed by atoms with Crippen LogP contribution in [0.3, 0.4) is 0 Å². The summed E-state index contributed by atoms with van der Waals surface area (Å²) in [4.78, 5) is 0. The van der Waals surface area contributed by atoms with Crippen molar-refractivity contribution < 1.29 is 5.21 Å². The second-order valence-corrected chi connectivity index (χ2v) is 4.14. The van der Waals surface area contributed by atoms with Crippen LogP contribution >= 0.6 is 0 Å². The second-order valence-electron chi connectivity index (χ2n) is 4.14. The summed E-state index contributed by atoms with van der Waals surface area (Å²) in [5.74, 6) is 0.0962. The Balaban J connectivity index is 0.000000224. The van der Waals surface area contributed by atoms with Crippen molar-refractivity contribution in [1.29, 1.82) is 5.26 Å². The van der Waals surface area contributed by atoms with Crippen molar-refractivity contribution in [2.75, 3.05) is 0 Å². The third kappa shape index (κ3) is 7.31. The number of benzene rings is 2. The molecular weight excluding hydrogens is 274 g/mol. The van der Waals surface area contributed by atoms with E-state index in [1.165, 1.54) is 12.2 Å². The Morgan fingerprint density at radius 2 is 1.45 bits per heavy atom. The van der Waals surface area contributed by atoms with Crippen LogP contribution in [-0.4, -0.2) is 11.0 Å². The monoisotopic (exact) mass is 291 g/mol. The van der Waals surface area contributed by atoms with Crippen molar-refractivity contribution in [3.8, 4) is 6.07 Å². The lowest BCUT2D eigenvalue weighted by atomic mass is 10.2. The second kappa shape index (κ2) is 10.5. The van der Waals surface area contributed by atoms with Crippen LogP contribution < -0.4 is 5.73 Å². The van der Waals surface area contributed by atoms with Gasteiger partial charge in [0.05, 0.1) is 6.07 Å². The first-order valence-electron chi connectivity index (χ1n) is 6.58. The molecule has 0 aliphatic carbocycles. The molecule has 0 radical (unpaired) electrons. The molecule has 2 aromatic carbocycles. The molecule has 0 fully saturated rings. The minimum atomic E-state index is 0.0962. The maximum absolute atomic E-state index is 8.22. The van der Waals surface area contributed by atoms with Gasteiger partial charge in [-0.05, 0) is 23.3 Å². The average Bonchev–Trinajstić information content (AvgIpc) is 2.60. The average molecular weight is 291 g/mol. The first kappa shape index (κ1) is 16.7. The SMILES string of the molecule is N#C/C=C/c1ccccc1.NC(/C=C/c1ccccc1)=N\O. The van der Waals surface area contributed by atoms with Crippen molar-refractivity contribution in [2.45, 2.75) is 0 Å². The standard InChI is InChI=1S/C9H10N2O.C9H7N/c10-9(11-12)7-6-8-4-2-1-3-5-8;10-8-4-7-9-5-2-1-3-6-9/h1-7,12H,(H2,10,11);1-7H/b7-6+;7-4+. The van der Waals surface area contributed by atoms with Crippen LogP contribution in [0.2, 0.25) is 0 Å². The van der Waals surface area contributed by atoms with Gasteiger partial charge in [-0.25, -0.2) is 0 Å². The number of rotatable bonds is 3. The number of nitriles is 1. The predicted octanol–water partition coefficient (Wildman–Crippen LogP) is 3.67. The molecule has 0 aliphatic rings. The van der Waals surface area contributed by atoms with Crippen LogP contribution in [0.4, 0.5) is 0 Å². The van der Waals surface area contributed by atoms with Crippen LogP contribution in [0.5, 0.6) is 0 Å². The molecule has 2 aromatic rings. The quantitative estimate of drug-likeness (QED) is 0.297. The normalized spacial score (nSPS) is 11.0. The summed E-state index contributed by atoms with van der Waals surface area (Å²) in [6.07, 6.45) is 6.56. The number of hydrogen-bond acceptors (Lipinski definition) is 3. The molecule has 4 heteroatoms. The van der Waals surface area contributed by atoms with Gasteiger partial charge < -0.3 is 10.9 Å². The lowest BCUT2D eigenvalue weighted by Gasteiger charge is -1.90. The van der Waals surface area contributed by atoms with Gasteiger partial charge in [0.15, 0.2) is 5.84 Å². The highest BCUT2D eigenvalue weighted by Gasteiger charge is 1.84. The summed E-state index contributed by atoms with van der Waals surface area (Å²) in [7, 11) is 0. The topological polar surface area (TPSA) is 82.4 Å². The van der Waals surface area contributed by atoms with Crippen LogP contribution in [-0.2, 0) is 0 Å². The van der Waals surface area contributed by atoms with E-state index >= 15 is 0 Å². The Hall–Kier alpha value is -3.32. The van der Waals surface area contributed by atoms with Gasteiger partial charge in [-0.2, -0.15) is 5.26 Å². The van der Waals surface area contributed by atoms with Crippen LogP contribution in [0.15, 0.2) is 78.0 Å². The van der Waals surface area contributed by atoms with Crippen molar-refractivity contribution in [1.82, 2.24) is 0 Å². The van der Waals surface area contributed by atoms with Gasteiger partial charge in [-0.3, -0.25) is 0 Å². The molecule has 3 N–H and O–H groups in total. The third-order valence-corrected chi connectivity index (χ3v) is 2.51. The van der Waals surface area contributed by atoms with Crippen molar-refractivity contribution in [2.24, 2.45) is 10.9 Å². The molecule has 22 heavy (non-hydrogen) atoms. The Labute approximate surface area is 130 Å². The molecule has 0 aliphatic heterocycles. The summed E-state index contributed by atoms with van der Waals surface area (Å²) in [5, 5.41) is 19.2.